The Kier molecular flexibility index (Phi) is 5.46. The second kappa shape index (κ2) is 6.45. The second-order valence-electron chi connectivity index (χ2n) is 4.63. The molecule has 0 saturated heterocycles. The third kappa shape index (κ3) is 3.52. The van der Waals surface area contributed by atoms with E-state index in [1.54, 1.807) is 13.8 Å². The zero-order valence-corrected chi connectivity index (χ0v) is 12.2. The molecule has 1 aromatic carbocycles. The predicted molar refractivity (Wildman–Crippen MR) is 71.6 cm³/mol. The minimum atomic E-state index is -3.88. The van der Waals surface area contributed by atoms with Crippen molar-refractivity contribution in [3.8, 4) is 0 Å². The van der Waals surface area contributed by atoms with Crippen LogP contribution in [-0.4, -0.2) is 30.4 Å². The van der Waals surface area contributed by atoms with E-state index in [2.05, 4.69) is 0 Å². The van der Waals surface area contributed by atoms with Gasteiger partial charge in [0.05, 0.1) is 6.61 Å². The molecule has 0 saturated carbocycles. The second-order valence-corrected chi connectivity index (χ2v) is 6.49. The normalized spacial score (nSPS) is 12.4. The standard InChI is InChI=1S/C13H20FNO3S/c1-4-7-15(10(2)3)19(17,18)13-8-11(9-16)5-6-12(13)14/h5-6,8,10,16H,4,7,9H2,1-3H3. The fourth-order valence-electron chi connectivity index (χ4n) is 1.85. The highest BCUT2D eigenvalue weighted by Gasteiger charge is 2.29. The minimum absolute atomic E-state index is 0.248. The summed E-state index contributed by atoms with van der Waals surface area (Å²) in [4.78, 5) is -0.374. The topological polar surface area (TPSA) is 57.6 Å². The van der Waals surface area contributed by atoms with Crippen LogP contribution in [-0.2, 0) is 16.6 Å². The first-order valence-electron chi connectivity index (χ1n) is 6.25. The Morgan fingerprint density at radius 2 is 2.00 bits per heavy atom. The average molecular weight is 289 g/mol. The predicted octanol–water partition coefficient (Wildman–Crippen LogP) is 2.13. The number of rotatable bonds is 6. The maximum Gasteiger partial charge on any atom is 0.246 e. The zero-order chi connectivity index (χ0) is 14.6. The molecule has 6 heteroatoms. The maximum absolute atomic E-state index is 13.8. The Hall–Kier alpha value is -0.980. The maximum atomic E-state index is 13.8. The molecular formula is C13H20FNO3S. The van der Waals surface area contributed by atoms with Crippen molar-refractivity contribution in [1.29, 1.82) is 0 Å². The molecule has 0 fully saturated rings. The van der Waals surface area contributed by atoms with E-state index in [9.17, 15) is 12.8 Å². The van der Waals surface area contributed by atoms with E-state index in [1.165, 1.54) is 16.4 Å². The molecule has 0 aliphatic carbocycles. The number of aliphatic hydroxyl groups excluding tert-OH is 1. The van der Waals surface area contributed by atoms with E-state index in [0.717, 1.165) is 6.07 Å². The van der Waals surface area contributed by atoms with E-state index in [-0.39, 0.29) is 17.5 Å². The van der Waals surface area contributed by atoms with E-state index in [4.69, 9.17) is 5.11 Å². The number of sulfonamides is 1. The first kappa shape index (κ1) is 16.1. The van der Waals surface area contributed by atoms with Gasteiger partial charge in [0.2, 0.25) is 10.0 Å². The van der Waals surface area contributed by atoms with Gasteiger partial charge in [-0.15, -0.1) is 0 Å². The van der Waals surface area contributed by atoms with Crippen LogP contribution in [0, 0.1) is 5.82 Å². The van der Waals surface area contributed by atoms with E-state index < -0.39 is 15.8 Å². The highest BCUT2D eigenvalue weighted by Crippen LogP contribution is 2.22. The lowest BCUT2D eigenvalue weighted by atomic mass is 10.2. The molecule has 1 rings (SSSR count). The molecule has 0 aliphatic heterocycles. The van der Waals surface area contributed by atoms with Crippen molar-refractivity contribution in [2.75, 3.05) is 6.54 Å². The SMILES string of the molecule is CCCN(C(C)C)S(=O)(=O)c1cc(CO)ccc1F. The van der Waals surface area contributed by atoms with Crippen LogP contribution in [0.3, 0.4) is 0 Å². The summed E-state index contributed by atoms with van der Waals surface area (Å²) in [5, 5.41) is 9.04. The van der Waals surface area contributed by atoms with E-state index >= 15 is 0 Å². The number of nitrogens with zero attached hydrogens (tertiary/aromatic N) is 1. The third-order valence-electron chi connectivity index (χ3n) is 2.78. The highest BCUT2D eigenvalue weighted by atomic mass is 32.2. The molecule has 0 aliphatic rings. The molecule has 0 heterocycles. The molecule has 0 atom stereocenters. The van der Waals surface area contributed by atoms with Gasteiger partial charge in [-0.2, -0.15) is 4.31 Å². The molecule has 1 N–H and O–H groups in total. The third-order valence-corrected chi connectivity index (χ3v) is 4.88. The molecular weight excluding hydrogens is 269 g/mol. The summed E-state index contributed by atoms with van der Waals surface area (Å²) in [6.45, 7) is 5.38. The smallest absolute Gasteiger partial charge is 0.246 e. The van der Waals surface area contributed by atoms with Gasteiger partial charge in [0, 0.05) is 12.6 Å². The number of benzene rings is 1. The first-order valence-corrected chi connectivity index (χ1v) is 7.69. The van der Waals surface area contributed by atoms with Crippen LogP contribution >= 0.6 is 0 Å². The van der Waals surface area contributed by atoms with Crippen molar-refractivity contribution in [2.45, 2.75) is 44.7 Å². The van der Waals surface area contributed by atoms with Crippen LogP contribution in [0.15, 0.2) is 23.1 Å². The van der Waals surface area contributed by atoms with Crippen LogP contribution in [0.4, 0.5) is 4.39 Å². The first-order chi connectivity index (χ1) is 8.84. The molecule has 108 valence electrons. The van der Waals surface area contributed by atoms with Crippen LogP contribution in [0.25, 0.3) is 0 Å². The zero-order valence-electron chi connectivity index (χ0n) is 11.4. The fourth-order valence-corrected chi connectivity index (χ4v) is 3.69. The van der Waals surface area contributed by atoms with Crippen LogP contribution in [0.2, 0.25) is 0 Å². The van der Waals surface area contributed by atoms with Gasteiger partial charge in [-0.3, -0.25) is 0 Å². The molecule has 0 unspecified atom stereocenters. The van der Waals surface area contributed by atoms with Crippen molar-refractivity contribution in [3.05, 3.63) is 29.6 Å². The molecule has 4 nitrogen and oxygen atoms in total. The van der Waals surface area contributed by atoms with E-state index in [0.29, 0.717) is 18.5 Å². The average Bonchev–Trinajstić information content (AvgIpc) is 2.35. The van der Waals surface area contributed by atoms with Crippen LogP contribution in [0.5, 0.6) is 0 Å². The van der Waals surface area contributed by atoms with Gasteiger partial charge in [0.15, 0.2) is 0 Å². The van der Waals surface area contributed by atoms with Gasteiger partial charge in [-0.1, -0.05) is 13.0 Å². The molecule has 0 bridgehead atoms. The summed E-state index contributed by atoms with van der Waals surface area (Å²) < 4.78 is 40.0. The van der Waals surface area contributed by atoms with Crippen LogP contribution < -0.4 is 0 Å². The summed E-state index contributed by atoms with van der Waals surface area (Å²) in [6, 6.07) is 3.38. The van der Waals surface area contributed by atoms with Gasteiger partial charge in [0.25, 0.3) is 0 Å². The van der Waals surface area contributed by atoms with Crippen molar-refractivity contribution in [2.24, 2.45) is 0 Å². The summed E-state index contributed by atoms with van der Waals surface area (Å²) in [6.07, 6.45) is 0.652. The fraction of sp³-hybridized carbons (Fsp3) is 0.538. The molecule has 0 radical (unpaired) electrons. The van der Waals surface area contributed by atoms with E-state index in [1.807, 2.05) is 6.92 Å². The molecule has 1 aromatic rings. The lowest BCUT2D eigenvalue weighted by Crippen LogP contribution is -2.37. The Balaban J connectivity index is 3.32. The minimum Gasteiger partial charge on any atom is -0.392 e. The van der Waals surface area contributed by atoms with Crippen molar-refractivity contribution >= 4 is 10.0 Å². The van der Waals surface area contributed by atoms with Crippen molar-refractivity contribution in [1.82, 2.24) is 4.31 Å². The van der Waals surface area contributed by atoms with Crippen molar-refractivity contribution in [3.63, 3.8) is 0 Å². The molecule has 19 heavy (non-hydrogen) atoms. The molecule has 0 aromatic heterocycles. The monoisotopic (exact) mass is 289 g/mol. The Morgan fingerprint density at radius 3 is 2.47 bits per heavy atom. The summed E-state index contributed by atoms with van der Waals surface area (Å²) in [7, 11) is -3.88. The van der Waals surface area contributed by atoms with Gasteiger partial charge >= 0.3 is 0 Å². The van der Waals surface area contributed by atoms with Gasteiger partial charge in [-0.25, -0.2) is 12.8 Å². The number of halogens is 1. The van der Waals surface area contributed by atoms with Gasteiger partial charge in [-0.05, 0) is 38.0 Å². The molecule has 0 spiro atoms. The lowest BCUT2D eigenvalue weighted by molar-refractivity contribution is 0.281. The highest BCUT2D eigenvalue weighted by molar-refractivity contribution is 7.89. The van der Waals surface area contributed by atoms with Gasteiger partial charge in [0.1, 0.15) is 10.7 Å². The van der Waals surface area contributed by atoms with Gasteiger partial charge < -0.3 is 5.11 Å². The largest absolute Gasteiger partial charge is 0.392 e. The number of hydrogen-bond donors (Lipinski definition) is 1. The van der Waals surface area contributed by atoms with Crippen molar-refractivity contribution < 1.29 is 17.9 Å². The Labute approximate surface area is 113 Å². The summed E-state index contributed by atoms with van der Waals surface area (Å²) in [5.41, 5.74) is 0.375. The Morgan fingerprint density at radius 1 is 1.37 bits per heavy atom. The number of aliphatic hydroxyl groups is 1. The number of hydrogen-bond acceptors (Lipinski definition) is 3. The van der Waals surface area contributed by atoms with Crippen LogP contribution in [0.1, 0.15) is 32.8 Å². The lowest BCUT2D eigenvalue weighted by Gasteiger charge is -2.25. The molecule has 0 amide bonds. The summed E-state index contributed by atoms with van der Waals surface area (Å²) >= 11 is 0. The quantitative estimate of drug-likeness (QED) is 0.872. The summed E-state index contributed by atoms with van der Waals surface area (Å²) in [5.74, 6) is -0.793. The Bertz CT molecular complexity index is 529.